The number of carboxylic acid groups (broad SMARTS) is 1. The second-order valence-electron chi connectivity index (χ2n) is 8.45. The van der Waals surface area contributed by atoms with E-state index in [1.807, 2.05) is 25.1 Å². The van der Waals surface area contributed by atoms with Gasteiger partial charge in [-0.25, -0.2) is 0 Å². The van der Waals surface area contributed by atoms with Crippen LogP contribution in [0, 0.1) is 5.41 Å². The summed E-state index contributed by atoms with van der Waals surface area (Å²) < 4.78 is 5.60. The maximum Gasteiger partial charge on any atom is 0.312 e. The van der Waals surface area contributed by atoms with Gasteiger partial charge in [-0.3, -0.25) is 14.4 Å². The van der Waals surface area contributed by atoms with Gasteiger partial charge in [0.1, 0.15) is 6.10 Å². The highest BCUT2D eigenvalue weighted by Gasteiger charge is 2.50. The second kappa shape index (κ2) is 11.7. The van der Waals surface area contributed by atoms with E-state index >= 15 is 0 Å². The first-order valence-electron chi connectivity index (χ1n) is 10.7. The molecule has 1 aromatic rings. The molecule has 3 rings (SSSR count). The first-order chi connectivity index (χ1) is 14.4. The van der Waals surface area contributed by atoms with Crippen molar-refractivity contribution in [3.63, 3.8) is 0 Å². The molecule has 2 fully saturated rings. The van der Waals surface area contributed by atoms with Crippen LogP contribution in [0.25, 0.3) is 0 Å². The smallest absolute Gasteiger partial charge is 0.312 e. The molecule has 2 aliphatic rings. The van der Waals surface area contributed by atoms with Crippen LogP contribution in [-0.2, 0) is 25.5 Å². The average Bonchev–Trinajstić information content (AvgIpc) is 3.00. The van der Waals surface area contributed by atoms with E-state index in [1.165, 1.54) is 5.56 Å². The fraction of sp³-hybridized carbons (Fsp3) is 0.609. The molecule has 0 radical (unpaired) electrons. The minimum absolute atomic E-state index is 0.00672. The lowest BCUT2D eigenvalue weighted by Crippen LogP contribution is -2.45. The van der Waals surface area contributed by atoms with Gasteiger partial charge < -0.3 is 19.6 Å². The van der Waals surface area contributed by atoms with Gasteiger partial charge in [-0.1, -0.05) is 30.3 Å². The Morgan fingerprint density at radius 3 is 2.47 bits per heavy atom. The predicted octanol–water partition coefficient (Wildman–Crippen LogP) is 2.59. The Kier molecular flexibility index (Phi) is 9.30. The molecule has 30 heavy (non-hydrogen) atoms. The molecular weight excluding hydrogens is 384 g/mol. The zero-order chi connectivity index (χ0) is 22.0. The highest BCUT2D eigenvalue weighted by atomic mass is 16.6. The lowest BCUT2D eigenvalue weighted by Gasteiger charge is -2.36. The van der Waals surface area contributed by atoms with Crippen LogP contribution in [0.5, 0.6) is 0 Å². The number of ether oxygens (including phenoxy) is 1. The molecule has 1 N–H and O–H groups in total. The van der Waals surface area contributed by atoms with Crippen molar-refractivity contribution in [2.45, 2.75) is 51.0 Å². The quantitative estimate of drug-likeness (QED) is 0.416. The molecule has 2 aliphatic heterocycles. The number of rotatable bonds is 7. The van der Waals surface area contributed by atoms with Crippen molar-refractivity contribution < 1.29 is 24.2 Å². The van der Waals surface area contributed by atoms with Gasteiger partial charge in [0.15, 0.2) is 0 Å². The van der Waals surface area contributed by atoms with Crippen molar-refractivity contribution in [2.75, 3.05) is 33.7 Å². The number of cyclic esters (lactones) is 1. The van der Waals surface area contributed by atoms with Crippen LogP contribution in [0.1, 0.15) is 44.1 Å². The van der Waals surface area contributed by atoms with E-state index in [0.717, 1.165) is 45.1 Å². The molecule has 0 bridgehead atoms. The zero-order valence-corrected chi connectivity index (χ0v) is 18.1. The zero-order valence-electron chi connectivity index (χ0n) is 18.1. The lowest BCUT2D eigenvalue weighted by atomic mass is 9.76. The topological polar surface area (TPSA) is 87.2 Å². The summed E-state index contributed by atoms with van der Waals surface area (Å²) in [6, 6.07) is 10.4. The summed E-state index contributed by atoms with van der Waals surface area (Å²) in [5.41, 5.74) is 0.974. The Hall–Kier alpha value is -2.41. The number of carbonyl (C=O) groups excluding carboxylic acids is 2. The summed E-state index contributed by atoms with van der Waals surface area (Å²) in [6.07, 6.45) is 5.85. The van der Waals surface area contributed by atoms with E-state index in [4.69, 9.17) is 14.6 Å². The van der Waals surface area contributed by atoms with Crippen LogP contribution < -0.4 is 0 Å². The molecule has 7 heteroatoms. The van der Waals surface area contributed by atoms with E-state index < -0.39 is 0 Å². The van der Waals surface area contributed by atoms with Gasteiger partial charge >= 0.3 is 5.97 Å². The number of benzene rings is 1. The summed E-state index contributed by atoms with van der Waals surface area (Å²) in [4.78, 5) is 37.3. The van der Waals surface area contributed by atoms with Crippen molar-refractivity contribution in [3.8, 4) is 0 Å². The second-order valence-corrected chi connectivity index (χ2v) is 8.45. The third-order valence-corrected chi connectivity index (χ3v) is 5.92. The fourth-order valence-electron chi connectivity index (χ4n) is 4.35. The number of carbonyl (C=O) groups is 3. The highest BCUT2D eigenvalue weighted by molar-refractivity contribution is 5.80. The molecule has 166 valence electrons. The van der Waals surface area contributed by atoms with Crippen LogP contribution >= 0.6 is 0 Å². The molecular formula is C23H34N2O5. The highest BCUT2D eigenvalue weighted by Crippen LogP contribution is 2.43. The third kappa shape index (κ3) is 6.83. The van der Waals surface area contributed by atoms with E-state index in [0.29, 0.717) is 19.5 Å². The molecule has 1 spiro atoms. The molecule has 0 aromatic heterocycles. The molecule has 1 aromatic carbocycles. The normalized spacial score (nSPS) is 19.9. The number of hydrogen-bond acceptors (Lipinski definition) is 5. The standard InChI is InChI=1S/C22H32N2O3.CH2O2/c1-23(2)17-19-16-22(21(26)27-19)12-14-24(15-13-22)20(25)11-7-6-10-18-8-4-3-5-9-18;2-1-3/h3-5,8-9,19H,6-7,10-17H2,1-2H3;1H,(H,2,3). The number of hydrogen-bond donors (Lipinski definition) is 1. The monoisotopic (exact) mass is 418 g/mol. The fourth-order valence-corrected chi connectivity index (χ4v) is 4.35. The maximum absolute atomic E-state index is 12.5. The van der Waals surface area contributed by atoms with E-state index in [9.17, 15) is 9.59 Å². The van der Waals surface area contributed by atoms with E-state index in [1.54, 1.807) is 0 Å². The van der Waals surface area contributed by atoms with Crippen LogP contribution in [0.3, 0.4) is 0 Å². The largest absolute Gasteiger partial charge is 0.483 e. The average molecular weight is 419 g/mol. The summed E-state index contributed by atoms with van der Waals surface area (Å²) in [6.45, 7) is 1.89. The van der Waals surface area contributed by atoms with Gasteiger partial charge in [-0.05, 0) is 51.8 Å². The molecule has 2 heterocycles. The number of unbranched alkanes of at least 4 members (excludes halogenated alkanes) is 1. The summed E-state index contributed by atoms with van der Waals surface area (Å²) in [5, 5.41) is 6.89. The number of esters is 1. The Morgan fingerprint density at radius 2 is 1.87 bits per heavy atom. The van der Waals surface area contributed by atoms with Gasteiger partial charge in [0.25, 0.3) is 6.47 Å². The van der Waals surface area contributed by atoms with Crippen molar-refractivity contribution in [1.29, 1.82) is 0 Å². The first-order valence-corrected chi connectivity index (χ1v) is 10.7. The Balaban J connectivity index is 0.00000101. The minimum atomic E-state index is -0.356. The van der Waals surface area contributed by atoms with E-state index in [2.05, 4.69) is 29.2 Å². The lowest BCUT2D eigenvalue weighted by molar-refractivity contribution is -0.152. The van der Waals surface area contributed by atoms with Crippen molar-refractivity contribution in [2.24, 2.45) is 5.41 Å². The van der Waals surface area contributed by atoms with Crippen LogP contribution in [-0.4, -0.2) is 73.1 Å². The molecule has 0 aliphatic carbocycles. The molecule has 1 unspecified atom stereocenters. The first kappa shape index (κ1) is 23.9. The number of amides is 1. The Bertz CT molecular complexity index is 684. The number of aryl methyl sites for hydroxylation is 1. The number of nitrogens with zero attached hydrogens (tertiary/aromatic N) is 2. The number of likely N-dealkylation sites (N-methyl/N-ethyl adjacent to an activating group) is 1. The minimum Gasteiger partial charge on any atom is -0.483 e. The molecule has 2 saturated heterocycles. The number of likely N-dealkylation sites (tertiary alicyclic amines) is 1. The van der Waals surface area contributed by atoms with Crippen molar-refractivity contribution in [3.05, 3.63) is 35.9 Å². The van der Waals surface area contributed by atoms with Gasteiger partial charge in [0.2, 0.25) is 5.91 Å². The molecule has 1 amide bonds. The molecule has 7 nitrogen and oxygen atoms in total. The molecule has 0 saturated carbocycles. The van der Waals surface area contributed by atoms with Crippen LogP contribution in [0.2, 0.25) is 0 Å². The summed E-state index contributed by atoms with van der Waals surface area (Å²) in [5.74, 6) is 0.179. The van der Waals surface area contributed by atoms with Crippen molar-refractivity contribution >= 4 is 18.3 Å². The van der Waals surface area contributed by atoms with Gasteiger partial charge in [-0.15, -0.1) is 0 Å². The number of piperidine rings is 1. The summed E-state index contributed by atoms with van der Waals surface area (Å²) >= 11 is 0. The van der Waals surface area contributed by atoms with Crippen LogP contribution in [0.4, 0.5) is 0 Å². The predicted molar refractivity (Wildman–Crippen MR) is 114 cm³/mol. The Morgan fingerprint density at radius 1 is 1.23 bits per heavy atom. The third-order valence-electron chi connectivity index (χ3n) is 5.92. The van der Waals surface area contributed by atoms with Gasteiger partial charge in [0.05, 0.1) is 5.41 Å². The maximum atomic E-state index is 12.5. The Labute approximate surface area is 179 Å². The SMILES string of the molecule is CN(C)CC1CC2(CCN(C(=O)CCCCc3ccccc3)CC2)C(=O)O1.O=CO. The van der Waals surface area contributed by atoms with Crippen molar-refractivity contribution in [1.82, 2.24) is 9.80 Å². The van der Waals surface area contributed by atoms with Gasteiger partial charge in [0, 0.05) is 32.5 Å². The van der Waals surface area contributed by atoms with Crippen LogP contribution in [0.15, 0.2) is 30.3 Å². The van der Waals surface area contributed by atoms with Gasteiger partial charge in [-0.2, -0.15) is 0 Å². The van der Waals surface area contributed by atoms with E-state index in [-0.39, 0.29) is 29.9 Å². The molecule has 1 atom stereocenters. The summed E-state index contributed by atoms with van der Waals surface area (Å²) in [7, 11) is 4.00.